The normalized spacial score (nSPS) is 24.8. The van der Waals surface area contributed by atoms with Gasteiger partial charge >= 0.3 is 0 Å². The molecule has 3 rings (SSSR count). The average molecular weight is 401 g/mol. The van der Waals surface area contributed by atoms with Crippen molar-refractivity contribution >= 4 is 23.6 Å². The summed E-state index contributed by atoms with van der Waals surface area (Å²) in [5.74, 6) is -0.198. The van der Waals surface area contributed by atoms with Gasteiger partial charge in [-0.15, -0.1) is 0 Å². The first-order valence-electron chi connectivity index (χ1n) is 10.5. The molecule has 0 saturated heterocycles. The lowest BCUT2D eigenvalue weighted by Gasteiger charge is -2.46. The van der Waals surface area contributed by atoms with Crippen LogP contribution < -0.4 is 5.32 Å². The Bertz CT molecular complexity index is 771. The molecule has 1 fully saturated rings. The molecule has 3 aliphatic rings. The maximum absolute atomic E-state index is 13.9. The van der Waals surface area contributed by atoms with Gasteiger partial charge in [-0.25, -0.2) is 0 Å². The molecular formula is C22H32N4O3. The lowest BCUT2D eigenvalue weighted by Crippen LogP contribution is -2.63. The summed E-state index contributed by atoms with van der Waals surface area (Å²) in [5.41, 5.74) is -1.46. The molecule has 29 heavy (non-hydrogen) atoms. The van der Waals surface area contributed by atoms with Crippen molar-refractivity contribution in [1.82, 2.24) is 15.1 Å². The van der Waals surface area contributed by atoms with E-state index < -0.39 is 5.54 Å². The third-order valence-corrected chi connectivity index (χ3v) is 5.67. The molecule has 2 aliphatic heterocycles. The van der Waals surface area contributed by atoms with Gasteiger partial charge in [-0.05, 0) is 52.7 Å². The van der Waals surface area contributed by atoms with Crippen molar-refractivity contribution in [2.24, 2.45) is 4.99 Å². The summed E-state index contributed by atoms with van der Waals surface area (Å²) < 4.78 is 0. The van der Waals surface area contributed by atoms with Crippen LogP contribution in [0.4, 0.5) is 0 Å². The van der Waals surface area contributed by atoms with Crippen LogP contribution in [0.15, 0.2) is 29.4 Å². The van der Waals surface area contributed by atoms with E-state index in [-0.39, 0.29) is 42.3 Å². The van der Waals surface area contributed by atoms with Gasteiger partial charge in [0, 0.05) is 17.8 Å². The fraction of sp³-hybridized carbons (Fsp3) is 0.636. The van der Waals surface area contributed by atoms with Gasteiger partial charge in [0.05, 0.1) is 13.0 Å². The molecule has 7 nitrogen and oxygen atoms in total. The monoisotopic (exact) mass is 400 g/mol. The third-order valence-electron chi connectivity index (χ3n) is 5.67. The van der Waals surface area contributed by atoms with E-state index in [2.05, 4.69) is 10.3 Å². The van der Waals surface area contributed by atoms with Gasteiger partial charge in [0.15, 0.2) is 0 Å². The minimum atomic E-state index is -1.09. The summed E-state index contributed by atoms with van der Waals surface area (Å²) in [6.07, 6.45) is 12.2. The standard InChI is InChI=1S/C22H32N4O3/c1-21(2,3)24-19(28)15-25(16-10-6-5-7-11-16)20(29)22(4)14-18(27)23-17-12-8-9-13-26(17)22/h8-9,12-13,16H,5-7,10-11,14-15H2,1-4H3,(H,24,28). The molecule has 0 aromatic carbocycles. The van der Waals surface area contributed by atoms with Crippen LogP contribution in [0.1, 0.15) is 66.2 Å². The number of rotatable bonds is 4. The van der Waals surface area contributed by atoms with Gasteiger partial charge in [0.1, 0.15) is 11.4 Å². The number of hydrogen-bond acceptors (Lipinski definition) is 4. The molecule has 1 aliphatic carbocycles. The maximum Gasteiger partial charge on any atom is 0.250 e. The molecule has 7 heteroatoms. The number of fused-ring (bicyclic) bond motifs is 1. The Hall–Kier alpha value is -2.44. The lowest BCUT2D eigenvalue weighted by atomic mass is 9.87. The van der Waals surface area contributed by atoms with E-state index in [1.165, 1.54) is 0 Å². The summed E-state index contributed by atoms with van der Waals surface area (Å²) in [6.45, 7) is 7.55. The van der Waals surface area contributed by atoms with Crippen LogP contribution in [0.3, 0.4) is 0 Å². The Morgan fingerprint density at radius 2 is 1.93 bits per heavy atom. The molecule has 3 amide bonds. The molecular weight excluding hydrogens is 368 g/mol. The smallest absolute Gasteiger partial charge is 0.250 e. The summed E-state index contributed by atoms with van der Waals surface area (Å²) in [4.78, 5) is 46.5. The predicted octanol–water partition coefficient (Wildman–Crippen LogP) is 2.54. The number of nitrogens with one attached hydrogen (secondary N) is 1. The minimum Gasteiger partial charge on any atom is -0.350 e. The number of allylic oxidation sites excluding steroid dienone is 2. The van der Waals surface area contributed by atoms with Crippen molar-refractivity contribution in [1.29, 1.82) is 0 Å². The van der Waals surface area contributed by atoms with Crippen LogP contribution in [-0.4, -0.2) is 57.0 Å². The summed E-state index contributed by atoms with van der Waals surface area (Å²) in [7, 11) is 0. The van der Waals surface area contributed by atoms with Gasteiger partial charge < -0.3 is 15.1 Å². The molecule has 0 aromatic rings. The lowest BCUT2D eigenvalue weighted by molar-refractivity contribution is -0.149. The van der Waals surface area contributed by atoms with Crippen molar-refractivity contribution in [3.63, 3.8) is 0 Å². The largest absolute Gasteiger partial charge is 0.350 e. The zero-order chi connectivity index (χ0) is 21.2. The number of carbonyl (C=O) groups excluding carboxylic acids is 3. The highest BCUT2D eigenvalue weighted by atomic mass is 16.2. The molecule has 2 heterocycles. The third kappa shape index (κ3) is 4.77. The number of aliphatic imine (C=N–C) groups is 1. The first-order valence-corrected chi connectivity index (χ1v) is 10.5. The SMILES string of the molecule is CC(C)(C)NC(=O)CN(C(=O)C1(C)CC(=O)N=C2C=CC=CN21)C1CCCCC1. The fourth-order valence-corrected chi connectivity index (χ4v) is 4.35. The quantitative estimate of drug-likeness (QED) is 0.786. The second kappa shape index (κ2) is 8.13. The predicted molar refractivity (Wildman–Crippen MR) is 112 cm³/mol. The average Bonchev–Trinajstić information content (AvgIpc) is 2.64. The van der Waals surface area contributed by atoms with Gasteiger partial charge in [0.25, 0.3) is 5.91 Å². The molecule has 0 bridgehead atoms. The second-order valence-electron chi connectivity index (χ2n) is 9.41. The van der Waals surface area contributed by atoms with Crippen LogP contribution in [0, 0.1) is 0 Å². The molecule has 1 atom stereocenters. The van der Waals surface area contributed by atoms with Crippen LogP contribution in [0.5, 0.6) is 0 Å². The van der Waals surface area contributed by atoms with Crippen molar-refractivity contribution in [3.05, 3.63) is 24.4 Å². The molecule has 0 aromatic heterocycles. The van der Waals surface area contributed by atoms with E-state index >= 15 is 0 Å². The Morgan fingerprint density at radius 3 is 2.59 bits per heavy atom. The van der Waals surface area contributed by atoms with E-state index in [0.717, 1.165) is 32.1 Å². The van der Waals surface area contributed by atoms with E-state index in [9.17, 15) is 14.4 Å². The Kier molecular flexibility index (Phi) is 5.96. The van der Waals surface area contributed by atoms with Crippen LogP contribution in [-0.2, 0) is 14.4 Å². The molecule has 1 saturated carbocycles. The Labute approximate surface area is 172 Å². The first-order chi connectivity index (χ1) is 13.6. The van der Waals surface area contributed by atoms with Crippen molar-refractivity contribution in [2.75, 3.05) is 6.54 Å². The molecule has 158 valence electrons. The summed E-state index contributed by atoms with van der Waals surface area (Å²) >= 11 is 0. The highest BCUT2D eigenvalue weighted by Gasteiger charge is 2.48. The topological polar surface area (TPSA) is 82.1 Å². The zero-order valence-corrected chi connectivity index (χ0v) is 17.9. The van der Waals surface area contributed by atoms with E-state index in [1.807, 2.05) is 26.8 Å². The van der Waals surface area contributed by atoms with Crippen molar-refractivity contribution < 1.29 is 14.4 Å². The zero-order valence-electron chi connectivity index (χ0n) is 17.9. The first kappa shape index (κ1) is 21.3. The van der Waals surface area contributed by atoms with Gasteiger partial charge in [-0.3, -0.25) is 14.4 Å². The molecule has 0 radical (unpaired) electrons. The summed E-state index contributed by atoms with van der Waals surface area (Å²) in [5, 5.41) is 2.96. The number of amidine groups is 1. The van der Waals surface area contributed by atoms with E-state index in [4.69, 9.17) is 0 Å². The maximum atomic E-state index is 13.9. The van der Waals surface area contributed by atoms with Crippen molar-refractivity contribution in [2.45, 2.75) is 83.3 Å². The number of carbonyl (C=O) groups is 3. The van der Waals surface area contributed by atoms with Crippen LogP contribution in [0.25, 0.3) is 0 Å². The highest BCUT2D eigenvalue weighted by Crippen LogP contribution is 2.32. The van der Waals surface area contributed by atoms with Crippen molar-refractivity contribution in [3.8, 4) is 0 Å². The Balaban J connectivity index is 1.89. The second-order valence-corrected chi connectivity index (χ2v) is 9.41. The Morgan fingerprint density at radius 1 is 1.24 bits per heavy atom. The molecule has 1 N–H and O–H groups in total. The number of amides is 3. The number of hydrogen-bond donors (Lipinski definition) is 1. The van der Waals surface area contributed by atoms with Crippen LogP contribution in [0.2, 0.25) is 0 Å². The summed E-state index contributed by atoms with van der Waals surface area (Å²) in [6, 6.07) is 0.0144. The fourth-order valence-electron chi connectivity index (χ4n) is 4.35. The molecule has 0 spiro atoms. The van der Waals surface area contributed by atoms with Gasteiger partial charge in [-0.1, -0.05) is 25.3 Å². The number of nitrogens with zero attached hydrogens (tertiary/aromatic N) is 3. The van der Waals surface area contributed by atoms with E-state index in [1.54, 1.807) is 35.1 Å². The van der Waals surface area contributed by atoms with E-state index in [0.29, 0.717) is 5.84 Å². The van der Waals surface area contributed by atoms with Gasteiger partial charge in [0.2, 0.25) is 11.8 Å². The molecule has 1 unspecified atom stereocenters. The van der Waals surface area contributed by atoms with Crippen LogP contribution >= 0.6 is 0 Å². The minimum absolute atomic E-state index is 0.00236. The highest BCUT2D eigenvalue weighted by molar-refractivity contribution is 6.09. The van der Waals surface area contributed by atoms with Gasteiger partial charge in [-0.2, -0.15) is 4.99 Å².